The second kappa shape index (κ2) is 9.18. The van der Waals surface area contributed by atoms with Crippen molar-refractivity contribution in [3.63, 3.8) is 0 Å². The topological polar surface area (TPSA) is 160 Å². The number of rotatable bonds is 8. The third-order valence-electron chi connectivity index (χ3n) is 5.20. The Morgan fingerprint density at radius 3 is 2.81 bits per heavy atom. The summed E-state index contributed by atoms with van der Waals surface area (Å²) in [5.41, 5.74) is 1.24. The van der Waals surface area contributed by atoms with Gasteiger partial charge in [0.1, 0.15) is 16.2 Å². The molecule has 0 spiro atoms. The van der Waals surface area contributed by atoms with Crippen LogP contribution in [0.1, 0.15) is 21.6 Å². The van der Waals surface area contributed by atoms with E-state index in [1.807, 2.05) is 0 Å². The number of amides is 1. The zero-order valence-electron chi connectivity index (χ0n) is 18.1. The highest BCUT2D eigenvalue weighted by Crippen LogP contribution is 2.30. The predicted molar refractivity (Wildman–Crippen MR) is 119 cm³/mol. The van der Waals surface area contributed by atoms with Gasteiger partial charge in [-0.3, -0.25) is 15.0 Å². The van der Waals surface area contributed by atoms with Gasteiger partial charge in [0.2, 0.25) is 9.84 Å². The van der Waals surface area contributed by atoms with Crippen molar-refractivity contribution in [2.75, 3.05) is 5.32 Å². The molecule has 5 aromatic rings. The standard InChI is InChI=1S/C21H16F2N8O4S/c22-21(23)35-18-3-2-13(36(33,34)14-8-25-26-9-14)6-12(18)7-16-17(11-27-30-16)29-20(32)15-10-28-31-5-1-4-24-19(15)31/h1-6,8-11,21H,7H2,(H,25,26)(H,27,30)(H,29,32). The van der Waals surface area contributed by atoms with Gasteiger partial charge in [0.15, 0.2) is 5.65 Å². The smallest absolute Gasteiger partial charge is 0.387 e. The highest BCUT2D eigenvalue weighted by atomic mass is 32.2. The largest absolute Gasteiger partial charge is 0.435 e. The first-order valence-corrected chi connectivity index (χ1v) is 11.7. The molecule has 0 atom stereocenters. The summed E-state index contributed by atoms with van der Waals surface area (Å²) in [4.78, 5) is 16.8. The molecule has 3 N–H and O–H groups in total. The molecule has 36 heavy (non-hydrogen) atoms. The van der Waals surface area contributed by atoms with E-state index in [4.69, 9.17) is 0 Å². The Labute approximate surface area is 201 Å². The third-order valence-corrected chi connectivity index (χ3v) is 6.92. The number of hydrogen-bond acceptors (Lipinski definition) is 8. The fraction of sp³-hybridized carbons (Fsp3) is 0.0952. The number of aromatic nitrogens is 7. The van der Waals surface area contributed by atoms with E-state index in [2.05, 4.69) is 40.5 Å². The number of aromatic amines is 2. The van der Waals surface area contributed by atoms with E-state index in [0.29, 0.717) is 11.3 Å². The first-order chi connectivity index (χ1) is 17.3. The lowest BCUT2D eigenvalue weighted by Crippen LogP contribution is -2.13. The van der Waals surface area contributed by atoms with Crippen molar-refractivity contribution in [3.05, 3.63) is 78.3 Å². The molecule has 0 aliphatic heterocycles. The molecule has 0 unspecified atom stereocenters. The monoisotopic (exact) mass is 514 g/mol. The maximum Gasteiger partial charge on any atom is 0.387 e. The highest BCUT2D eigenvalue weighted by Gasteiger charge is 2.23. The molecule has 15 heteroatoms. The fourth-order valence-electron chi connectivity index (χ4n) is 3.52. The number of carbonyl (C=O) groups excluding carboxylic acids is 1. The Morgan fingerprint density at radius 1 is 1.17 bits per heavy atom. The predicted octanol–water partition coefficient (Wildman–Crippen LogP) is 2.45. The molecular weight excluding hydrogens is 498 g/mol. The maximum absolute atomic E-state index is 13.0. The lowest BCUT2D eigenvalue weighted by atomic mass is 10.1. The molecule has 0 aliphatic rings. The van der Waals surface area contributed by atoms with Gasteiger partial charge in [-0.15, -0.1) is 0 Å². The van der Waals surface area contributed by atoms with E-state index in [0.717, 1.165) is 18.3 Å². The molecule has 0 radical (unpaired) electrons. The molecule has 5 rings (SSSR count). The SMILES string of the molecule is O=C(Nc1cn[nH]c1Cc1cc(S(=O)(=O)c2cn[nH]c2)ccc1OC(F)F)c1cnn2cccnc12. The molecule has 4 aromatic heterocycles. The van der Waals surface area contributed by atoms with Crippen LogP contribution in [0.4, 0.5) is 14.5 Å². The zero-order chi connectivity index (χ0) is 25.3. The van der Waals surface area contributed by atoms with Crippen LogP contribution in [-0.2, 0) is 16.3 Å². The first kappa shape index (κ1) is 23.1. The minimum absolute atomic E-state index is 0.0903. The minimum atomic E-state index is -3.97. The molecular formula is C21H16F2N8O4S. The van der Waals surface area contributed by atoms with E-state index in [1.54, 1.807) is 12.3 Å². The van der Waals surface area contributed by atoms with E-state index < -0.39 is 22.4 Å². The Bertz CT molecular complexity index is 1650. The van der Waals surface area contributed by atoms with E-state index in [1.165, 1.54) is 35.4 Å². The van der Waals surface area contributed by atoms with Crippen molar-refractivity contribution >= 4 is 27.1 Å². The second-order valence-electron chi connectivity index (χ2n) is 7.42. The molecule has 184 valence electrons. The van der Waals surface area contributed by atoms with Gasteiger partial charge in [0.05, 0.1) is 34.9 Å². The molecule has 12 nitrogen and oxygen atoms in total. The summed E-state index contributed by atoms with van der Waals surface area (Å²) in [6.07, 6.45) is 8.08. The summed E-state index contributed by atoms with van der Waals surface area (Å²) >= 11 is 0. The molecule has 0 saturated carbocycles. The summed E-state index contributed by atoms with van der Waals surface area (Å²) in [6.45, 7) is -3.14. The number of nitrogens with one attached hydrogen (secondary N) is 3. The quantitative estimate of drug-likeness (QED) is 0.285. The van der Waals surface area contributed by atoms with Crippen LogP contribution >= 0.6 is 0 Å². The lowest BCUT2D eigenvalue weighted by Gasteiger charge is -2.13. The molecule has 0 aliphatic carbocycles. The Kier molecular flexibility index (Phi) is 5.89. The average molecular weight is 514 g/mol. The summed E-state index contributed by atoms with van der Waals surface area (Å²) in [6, 6.07) is 5.20. The van der Waals surface area contributed by atoms with Gasteiger partial charge in [-0.2, -0.15) is 24.1 Å². The number of alkyl halides is 2. The van der Waals surface area contributed by atoms with Crippen molar-refractivity contribution < 1.29 is 26.7 Å². The van der Waals surface area contributed by atoms with Crippen LogP contribution in [0.2, 0.25) is 0 Å². The first-order valence-electron chi connectivity index (χ1n) is 10.3. The van der Waals surface area contributed by atoms with Crippen molar-refractivity contribution in [3.8, 4) is 5.75 Å². The maximum atomic E-state index is 13.0. The van der Waals surface area contributed by atoms with Crippen molar-refractivity contribution in [2.45, 2.75) is 22.8 Å². The van der Waals surface area contributed by atoms with Crippen molar-refractivity contribution in [1.29, 1.82) is 0 Å². The molecule has 4 heterocycles. The Hall–Kier alpha value is -4.66. The van der Waals surface area contributed by atoms with Gasteiger partial charge in [-0.1, -0.05) is 0 Å². The van der Waals surface area contributed by atoms with Gasteiger partial charge in [0, 0.05) is 30.6 Å². The van der Waals surface area contributed by atoms with Crippen LogP contribution < -0.4 is 10.1 Å². The van der Waals surface area contributed by atoms with Gasteiger partial charge >= 0.3 is 6.61 Å². The number of ether oxygens (including phenoxy) is 1. The molecule has 0 saturated heterocycles. The fourth-order valence-corrected chi connectivity index (χ4v) is 4.73. The number of anilines is 1. The van der Waals surface area contributed by atoms with Crippen molar-refractivity contribution in [2.24, 2.45) is 0 Å². The number of sulfone groups is 1. The number of benzene rings is 1. The van der Waals surface area contributed by atoms with Gasteiger partial charge in [-0.05, 0) is 24.3 Å². The molecule has 0 bridgehead atoms. The summed E-state index contributed by atoms with van der Waals surface area (Å²) in [5, 5.41) is 19.4. The number of carbonyl (C=O) groups is 1. The molecule has 0 fully saturated rings. The van der Waals surface area contributed by atoms with Gasteiger partial charge in [0.25, 0.3) is 5.91 Å². The summed E-state index contributed by atoms with van der Waals surface area (Å²) < 4.78 is 57.9. The number of halogens is 2. The van der Waals surface area contributed by atoms with Crippen LogP contribution in [0.25, 0.3) is 5.65 Å². The van der Waals surface area contributed by atoms with Crippen molar-refractivity contribution in [1.82, 2.24) is 35.0 Å². The number of fused-ring (bicyclic) bond motifs is 1. The van der Waals surface area contributed by atoms with Crippen LogP contribution in [0.15, 0.2) is 71.2 Å². The highest BCUT2D eigenvalue weighted by molar-refractivity contribution is 7.91. The third kappa shape index (κ3) is 4.38. The second-order valence-corrected chi connectivity index (χ2v) is 9.37. The van der Waals surface area contributed by atoms with Gasteiger partial charge in [-0.25, -0.2) is 17.9 Å². The molecule has 1 amide bonds. The van der Waals surface area contributed by atoms with Crippen LogP contribution in [0, 0.1) is 0 Å². The van der Waals surface area contributed by atoms with Crippen LogP contribution in [0.3, 0.4) is 0 Å². The van der Waals surface area contributed by atoms with E-state index in [9.17, 15) is 22.0 Å². The molecule has 1 aromatic carbocycles. The van der Waals surface area contributed by atoms with Crippen LogP contribution in [0.5, 0.6) is 5.75 Å². The number of H-pyrrole nitrogens is 2. The normalized spacial score (nSPS) is 11.8. The summed E-state index contributed by atoms with van der Waals surface area (Å²) in [7, 11) is -3.97. The number of hydrogen-bond donors (Lipinski definition) is 3. The summed E-state index contributed by atoms with van der Waals surface area (Å²) in [5.74, 6) is -0.749. The number of nitrogens with zero attached hydrogens (tertiary/aromatic N) is 5. The Morgan fingerprint density at radius 2 is 2.03 bits per heavy atom. The average Bonchev–Trinajstić information content (AvgIpc) is 3.61. The minimum Gasteiger partial charge on any atom is -0.435 e. The Balaban J connectivity index is 1.46. The van der Waals surface area contributed by atoms with Crippen LogP contribution in [-0.4, -0.2) is 55.9 Å². The van der Waals surface area contributed by atoms with E-state index in [-0.39, 0.29) is 38.8 Å². The van der Waals surface area contributed by atoms with Gasteiger partial charge < -0.3 is 10.1 Å². The lowest BCUT2D eigenvalue weighted by molar-refractivity contribution is -0.0504. The zero-order valence-corrected chi connectivity index (χ0v) is 18.9. The van der Waals surface area contributed by atoms with E-state index >= 15 is 0 Å².